The smallest absolute Gasteiger partial charge is 0.475 e. The van der Waals surface area contributed by atoms with Gasteiger partial charge in [-0.25, -0.2) is 14.6 Å². The highest BCUT2D eigenvalue weighted by Crippen LogP contribution is 2.23. The van der Waals surface area contributed by atoms with Gasteiger partial charge in [0.05, 0.1) is 23.4 Å². The molecule has 3 aromatic rings. The van der Waals surface area contributed by atoms with E-state index in [0.717, 1.165) is 28.6 Å². The molecule has 1 amide bonds. The van der Waals surface area contributed by atoms with Gasteiger partial charge in [0.15, 0.2) is 0 Å². The van der Waals surface area contributed by atoms with Crippen molar-refractivity contribution in [2.75, 3.05) is 18.4 Å². The Morgan fingerprint density at radius 3 is 2.02 bits per heavy atom. The van der Waals surface area contributed by atoms with Crippen LogP contribution in [0.1, 0.15) is 18.4 Å². The van der Waals surface area contributed by atoms with Crippen LogP contribution in [0.15, 0.2) is 58.1 Å². The summed E-state index contributed by atoms with van der Waals surface area (Å²) in [6.45, 7) is 1.31. The molecule has 0 bridgehead atoms. The Hall–Kier alpha value is -4.19. The molecule has 18 heteroatoms. The van der Waals surface area contributed by atoms with Gasteiger partial charge in [-0.3, -0.25) is 9.59 Å². The second-order valence-electron chi connectivity index (χ2n) is 9.22. The number of anilines is 1. The summed E-state index contributed by atoms with van der Waals surface area (Å²) in [5.74, 6) is -5.52. The van der Waals surface area contributed by atoms with E-state index in [-0.39, 0.29) is 17.5 Å². The summed E-state index contributed by atoms with van der Waals surface area (Å²) in [6.07, 6.45) is -6.59. The van der Waals surface area contributed by atoms with E-state index in [4.69, 9.17) is 25.5 Å². The normalized spacial score (nSPS) is 14.4. The number of piperidine rings is 1. The molecule has 0 aliphatic carbocycles. The van der Waals surface area contributed by atoms with Crippen LogP contribution in [0.4, 0.5) is 32.0 Å². The first-order chi connectivity index (χ1) is 20.4. The lowest BCUT2D eigenvalue weighted by atomic mass is 10.0. The van der Waals surface area contributed by atoms with Gasteiger partial charge >= 0.3 is 24.3 Å². The third-order valence-corrected chi connectivity index (χ3v) is 6.54. The number of carbonyl (C=O) groups excluding carboxylic acids is 1. The minimum absolute atomic E-state index is 0.00488. The standard InChI is InChI=1S/C22H24BrN5O2.2C2HF3O2/c23-15-6-4-14(5-7-15)12-18(24)22(30)28-10-8-16(9-11-28)27-19-3-1-2-17-20(19)25-13-26-21(17)29;2*3-2(4,5)1(6)7/h1-7,13,16,18,27H,8-12,24H2,(H,25,26,29);2*(H,6,7)/t18-;;/m0../s1. The number of nitrogens with zero attached hydrogens (tertiary/aromatic N) is 2. The number of nitrogens with one attached hydrogen (secondary N) is 2. The Balaban J connectivity index is 0.000000402. The number of para-hydroxylation sites is 1. The number of alkyl halides is 6. The summed E-state index contributed by atoms with van der Waals surface area (Å²) in [4.78, 5) is 51.3. The number of aromatic nitrogens is 2. The predicted octanol–water partition coefficient (Wildman–Crippen LogP) is 3.93. The number of benzene rings is 2. The van der Waals surface area contributed by atoms with Gasteiger partial charge in [-0.1, -0.05) is 34.1 Å². The SMILES string of the molecule is N[C@@H](Cc1ccc(Br)cc1)C(=O)N1CCC(Nc2cccc3c(=O)[nH]cnc23)CC1.O=C(O)C(F)(F)F.O=C(O)C(F)(F)F. The van der Waals surface area contributed by atoms with E-state index in [0.29, 0.717) is 30.4 Å². The largest absolute Gasteiger partial charge is 0.490 e. The highest BCUT2D eigenvalue weighted by Gasteiger charge is 2.39. The fourth-order valence-corrected chi connectivity index (χ4v) is 4.14. The van der Waals surface area contributed by atoms with Crippen LogP contribution in [0.2, 0.25) is 0 Å². The van der Waals surface area contributed by atoms with Crippen molar-refractivity contribution in [3.63, 3.8) is 0 Å². The van der Waals surface area contributed by atoms with Gasteiger partial charge < -0.3 is 31.1 Å². The number of aromatic amines is 1. The fraction of sp³-hybridized carbons (Fsp3) is 0.346. The number of H-pyrrole nitrogens is 1. The van der Waals surface area contributed by atoms with E-state index in [1.807, 2.05) is 41.3 Å². The van der Waals surface area contributed by atoms with Crippen LogP contribution in [0.25, 0.3) is 10.9 Å². The Morgan fingerprint density at radius 1 is 1.00 bits per heavy atom. The van der Waals surface area contributed by atoms with Gasteiger partial charge in [0.25, 0.3) is 5.56 Å². The molecule has 0 saturated carbocycles. The number of fused-ring (bicyclic) bond motifs is 1. The van der Waals surface area contributed by atoms with Crippen LogP contribution in [-0.4, -0.2) is 80.5 Å². The summed E-state index contributed by atoms with van der Waals surface area (Å²) in [7, 11) is 0. The van der Waals surface area contributed by atoms with Crippen molar-refractivity contribution in [3.05, 3.63) is 69.2 Å². The summed E-state index contributed by atoms with van der Waals surface area (Å²) in [6, 6.07) is 13.1. The quantitative estimate of drug-likeness (QED) is 0.247. The first-order valence-corrected chi connectivity index (χ1v) is 13.3. The van der Waals surface area contributed by atoms with Crippen molar-refractivity contribution < 1.29 is 50.9 Å². The van der Waals surface area contributed by atoms with Crippen molar-refractivity contribution in [1.82, 2.24) is 14.9 Å². The average molecular weight is 698 g/mol. The number of carbonyl (C=O) groups is 3. The van der Waals surface area contributed by atoms with E-state index >= 15 is 0 Å². The van der Waals surface area contributed by atoms with Crippen LogP contribution < -0.4 is 16.6 Å². The molecule has 1 aromatic heterocycles. The third-order valence-electron chi connectivity index (χ3n) is 6.01. The molecule has 1 aliphatic heterocycles. The van der Waals surface area contributed by atoms with Crippen LogP contribution >= 0.6 is 15.9 Å². The van der Waals surface area contributed by atoms with Crippen LogP contribution in [0.5, 0.6) is 0 Å². The molecule has 6 N–H and O–H groups in total. The predicted molar refractivity (Wildman–Crippen MR) is 149 cm³/mol. The zero-order valence-electron chi connectivity index (χ0n) is 22.5. The molecule has 1 atom stereocenters. The molecular formula is C26H26BrF6N5O6. The van der Waals surface area contributed by atoms with Crippen molar-refractivity contribution in [2.45, 2.75) is 43.7 Å². The van der Waals surface area contributed by atoms with Gasteiger partial charge in [0.1, 0.15) is 5.52 Å². The van der Waals surface area contributed by atoms with Crippen molar-refractivity contribution in [2.24, 2.45) is 5.73 Å². The summed E-state index contributed by atoms with van der Waals surface area (Å²) < 4.78 is 64.5. The van der Waals surface area contributed by atoms with E-state index in [2.05, 4.69) is 31.2 Å². The van der Waals surface area contributed by atoms with Crippen LogP contribution in [0, 0.1) is 0 Å². The van der Waals surface area contributed by atoms with E-state index < -0.39 is 30.3 Å². The molecular weight excluding hydrogens is 672 g/mol. The average Bonchev–Trinajstić information content (AvgIpc) is 2.94. The number of nitrogens with two attached hydrogens (primary N) is 1. The minimum atomic E-state index is -5.08. The Labute approximate surface area is 253 Å². The lowest BCUT2D eigenvalue weighted by molar-refractivity contribution is -0.193. The fourth-order valence-electron chi connectivity index (χ4n) is 3.88. The number of rotatable bonds is 5. The van der Waals surface area contributed by atoms with Gasteiger partial charge in [-0.15, -0.1) is 0 Å². The number of amides is 1. The molecule has 0 spiro atoms. The summed E-state index contributed by atoms with van der Waals surface area (Å²) in [5, 5.41) is 18.3. The molecule has 2 aromatic carbocycles. The first-order valence-electron chi connectivity index (χ1n) is 12.5. The molecule has 1 aliphatic rings. The topological polar surface area (TPSA) is 179 Å². The minimum Gasteiger partial charge on any atom is -0.475 e. The van der Waals surface area contributed by atoms with Crippen molar-refractivity contribution >= 4 is 50.4 Å². The number of halogens is 7. The molecule has 0 radical (unpaired) electrons. The number of hydrogen-bond acceptors (Lipinski definition) is 7. The molecule has 1 saturated heterocycles. The van der Waals surface area contributed by atoms with Crippen LogP contribution in [0.3, 0.4) is 0 Å². The van der Waals surface area contributed by atoms with Crippen LogP contribution in [-0.2, 0) is 20.8 Å². The maximum atomic E-state index is 12.8. The highest BCUT2D eigenvalue weighted by molar-refractivity contribution is 9.10. The number of hydrogen-bond donors (Lipinski definition) is 5. The molecule has 2 heterocycles. The van der Waals surface area contributed by atoms with Gasteiger partial charge in [0, 0.05) is 23.6 Å². The van der Waals surface area contributed by atoms with Crippen molar-refractivity contribution in [1.29, 1.82) is 0 Å². The maximum absolute atomic E-state index is 12.8. The Kier molecular flexibility index (Phi) is 12.7. The third kappa shape index (κ3) is 11.1. The molecule has 1 fully saturated rings. The zero-order valence-corrected chi connectivity index (χ0v) is 24.0. The number of carboxylic acids is 2. The van der Waals surface area contributed by atoms with Gasteiger partial charge in [-0.05, 0) is 49.1 Å². The first kappa shape index (κ1) is 36.0. The van der Waals surface area contributed by atoms with E-state index in [9.17, 15) is 35.9 Å². The number of carboxylic acid groups (broad SMARTS) is 2. The summed E-state index contributed by atoms with van der Waals surface area (Å²) >= 11 is 3.42. The highest BCUT2D eigenvalue weighted by atomic mass is 79.9. The monoisotopic (exact) mass is 697 g/mol. The lowest BCUT2D eigenvalue weighted by Crippen LogP contribution is -2.49. The summed E-state index contributed by atoms with van der Waals surface area (Å²) in [5.41, 5.74) is 8.60. The molecule has 11 nitrogen and oxygen atoms in total. The van der Waals surface area contributed by atoms with E-state index in [1.165, 1.54) is 6.33 Å². The lowest BCUT2D eigenvalue weighted by Gasteiger charge is -2.34. The van der Waals surface area contributed by atoms with Gasteiger partial charge in [0.2, 0.25) is 5.91 Å². The molecule has 44 heavy (non-hydrogen) atoms. The maximum Gasteiger partial charge on any atom is 0.490 e. The van der Waals surface area contributed by atoms with Crippen molar-refractivity contribution in [3.8, 4) is 0 Å². The molecule has 240 valence electrons. The number of aliphatic carboxylic acids is 2. The molecule has 4 rings (SSSR count). The number of likely N-dealkylation sites (tertiary alicyclic amines) is 1. The molecule has 0 unspecified atom stereocenters. The second kappa shape index (κ2) is 15.5. The van der Waals surface area contributed by atoms with Gasteiger partial charge in [-0.2, -0.15) is 26.3 Å². The Bertz CT molecular complexity index is 1470. The van der Waals surface area contributed by atoms with E-state index in [1.54, 1.807) is 6.07 Å². The second-order valence-corrected chi connectivity index (χ2v) is 10.1. The zero-order chi connectivity index (χ0) is 33.2. The Morgan fingerprint density at radius 2 is 1.52 bits per heavy atom.